The van der Waals surface area contributed by atoms with E-state index < -0.39 is 11.7 Å². The third-order valence-corrected chi connectivity index (χ3v) is 2.82. The molecule has 1 aromatic heterocycles. The Morgan fingerprint density at radius 1 is 1.32 bits per heavy atom. The van der Waals surface area contributed by atoms with Gasteiger partial charge in [0.1, 0.15) is 6.61 Å². The first kappa shape index (κ1) is 14.1. The number of alkyl halides is 3. The van der Waals surface area contributed by atoms with Crippen molar-refractivity contribution in [2.24, 2.45) is 0 Å². The molecule has 2 heterocycles. The molecule has 2 rings (SSSR count). The van der Waals surface area contributed by atoms with Crippen molar-refractivity contribution in [3.05, 3.63) is 23.9 Å². The van der Waals surface area contributed by atoms with E-state index in [0.717, 1.165) is 31.4 Å². The maximum atomic E-state index is 12.5. The smallest absolute Gasteiger partial charge is 0.416 e. The predicted molar refractivity (Wildman–Crippen MR) is 62.0 cm³/mol. The summed E-state index contributed by atoms with van der Waals surface area (Å²) in [6, 6.07) is 1.84. The van der Waals surface area contributed by atoms with Crippen molar-refractivity contribution in [2.75, 3.05) is 39.5 Å². The molecule has 1 aliphatic heterocycles. The number of hydrogen-bond donors (Lipinski definition) is 0. The predicted octanol–water partition coefficient (Wildman–Crippen LogP) is 1.81. The lowest BCUT2D eigenvalue weighted by Gasteiger charge is -2.26. The van der Waals surface area contributed by atoms with Gasteiger partial charge < -0.3 is 9.47 Å². The molecule has 0 aliphatic carbocycles. The van der Waals surface area contributed by atoms with Crippen LogP contribution >= 0.6 is 0 Å². The standard InChI is InChI=1S/C12H15F3N2O2/c13-12(14,15)10-1-2-16-11(9-10)19-8-5-17-3-6-18-7-4-17/h1-2,9H,3-8H2. The van der Waals surface area contributed by atoms with E-state index >= 15 is 0 Å². The average Bonchev–Trinajstić information content (AvgIpc) is 2.39. The van der Waals surface area contributed by atoms with E-state index in [0.29, 0.717) is 26.4 Å². The first-order valence-corrected chi connectivity index (χ1v) is 6.02. The average molecular weight is 276 g/mol. The largest absolute Gasteiger partial charge is 0.476 e. The highest BCUT2D eigenvalue weighted by molar-refractivity contribution is 5.22. The van der Waals surface area contributed by atoms with Crippen molar-refractivity contribution in [3.8, 4) is 5.88 Å². The quantitative estimate of drug-likeness (QED) is 0.840. The van der Waals surface area contributed by atoms with Crippen LogP contribution in [0.4, 0.5) is 13.2 Å². The summed E-state index contributed by atoms with van der Waals surface area (Å²) in [6.07, 6.45) is -3.27. The van der Waals surface area contributed by atoms with E-state index in [-0.39, 0.29) is 5.88 Å². The lowest BCUT2D eigenvalue weighted by atomic mass is 10.2. The van der Waals surface area contributed by atoms with Crippen LogP contribution in [0.2, 0.25) is 0 Å². The highest BCUT2D eigenvalue weighted by atomic mass is 19.4. The fourth-order valence-electron chi connectivity index (χ4n) is 1.77. The molecule has 1 saturated heterocycles. The third kappa shape index (κ3) is 4.36. The zero-order chi connectivity index (χ0) is 13.7. The second kappa shape index (κ2) is 6.21. The molecule has 1 aromatic rings. The van der Waals surface area contributed by atoms with Gasteiger partial charge in [0.25, 0.3) is 0 Å². The fourth-order valence-corrected chi connectivity index (χ4v) is 1.77. The molecular weight excluding hydrogens is 261 g/mol. The van der Waals surface area contributed by atoms with Gasteiger partial charge >= 0.3 is 6.18 Å². The number of rotatable bonds is 4. The van der Waals surface area contributed by atoms with E-state index in [1.165, 1.54) is 0 Å². The van der Waals surface area contributed by atoms with Crippen LogP contribution in [-0.2, 0) is 10.9 Å². The topological polar surface area (TPSA) is 34.6 Å². The Morgan fingerprint density at radius 3 is 2.74 bits per heavy atom. The molecule has 106 valence electrons. The van der Waals surface area contributed by atoms with Crippen molar-refractivity contribution < 1.29 is 22.6 Å². The summed E-state index contributed by atoms with van der Waals surface area (Å²) < 4.78 is 47.9. The van der Waals surface area contributed by atoms with Gasteiger partial charge in [-0.25, -0.2) is 4.98 Å². The van der Waals surface area contributed by atoms with E-state index in [1.807, 2.05) is 0 Å². The van der Waals surface area contributed by atoms with Crippen LogP contribution in [-0.4, -0.2) is 49.3 Å². The zero-order valence-corrected chi connectivity index (χ0v) is 10.3. The van der Waals surface area contributed by atoms with Crippen LogP contribution in [0.1, 0.15) is 5.56 Å². The van der Waals surface area contributed by atoms with Crippen LogP contribution in [0, 0.1) is 0 Å². The lowest BCUT2D eigenvalue weighted by Crippen LogP contribution is -2.38. The molecule has 1 fully saturated rings. The molecule has 0 radical (unpaired) electrons. The second-order valence-corrected chi connectivity index (χ2v) is 4.18. The maximum Gasteiger partial charge on any atom is 0.416 e. The summed E-state index contributed by atoms with van der Waals surface area (Å²) in [5.41, 5.74) is -0.746. The van der Waals surface area contributed by atoms with Crippen LogP contribution in [0.3, 0.4) is 0 Å². The summed E-state index contributed by atoms with van der Waals surface area (Å²) in [4.78, 5) is 5.91. The van der Waals surface area contributed by atoms with E-state index in [2.05, 4.69) is 9.88 Å². The minimum Gasteiger partial charge on any atom is -0.476 e. The van der Waals surface area contributed by atoms with Crippen LogP contribution < -0.4 is 4.74 Å². The molecule has 0 N–H and O–H groups in total. The summed E-state index contributed by atoms with van der Waals surface area (Å²) in [7, 11) is 0. The van der Waals surface area contributed by atoms with Crippen molar-refractivity contribution >= 4 is 0 Å². The zero-order valence-electron chi connectivity index (χ0n) is 10.3. The van der Waals surface area contributed by atoms with Crippen molar-refractivity contribution in [3.63, 3.8) is 0 Å². The van der Waals surface area contributed by atoms with E-state index in [9.17, 15) is 13.2 Å². The molecule has 0 saturated carbocycles. The van der Waals surface area contributed by atoms with Crippen molar-refractivity contribution in [2.45, 2.75) is 6.18 Å². The van der Waals surface area contributed by atoms with Crippen molar-refractivity contribution in [1.29, 1.82) is 0 Å². The summed E-state index contributed by atoms with van der Waals surface area (Å²) in [5.74, 6) is 0.00286. The molecular formula is C12H15F3N2O2. The Hall–Kier alpha value is -1.34. The molecule has 7 heteroatoms. The van der Waals surface area contributed by atoms with Gasteiger partial charge in [-0.1, -0.05) is 0 Å². The van der Waals surface area contributed by atoms with Gasteiger partial charge in [-0.2, -0.15) is 13.2 Å². The lowest BCUT2D eigenvalue weighted by molar-refractivity contribution is -0.137. The first-order valence-electron chi connectivity index (χ1n) is 6.02. The van der Waals surface area contributed by atoms with Crippen LogP contribution in [0.5, 0.6) is 5.88 Å². The third-order valence-electron chi connectivity index (χ3n) is 2.82. The Labute approximate surface area is 109 Å². The minimum atomic E-state index is -4.37. The SMILES string of the molecule is FC(F)(F)c1ccnc(OCCN2CCOCC2)c1. The molecule has 4 nitrogen and oxygen atoms in total. The van der Waals surface area contributed by atoms with Gasteiger partial charge in [-0.3, -0.25) is 4.90 Å². The van der Waals surface area contributed by atoms with Gasteiger partial charge in [0.2, 0.25) is 5.88 Å². The second-order valence-electron chi connectivity index (χ2n) is 4.18. The fraction of sp³-hybridized carbons (Fsp3) is 0.583. The Kier molecular flexibility index (Phi) is 4.60. The molecule has 0 bridgehead atoms. The molecule has 0 unspecified atom stereocenters. The molecule has 0 aromatic carbocycles. The maximum absolute atomic E-state index is 12.5. The number of pyridine rings is 1. The number of halogens is 3. The number of nitrogens with zero attached hydrogens (tertiary/aromatic N) is 2. The molecule has 0 atom stereocenters. The number of ether oxygens (including phenoxy) is 2. The highest BCUT2D eigenvalue weighted by Gasteiger charge is 2.30. The van der Waals surface area contributed by atoms with Gasteiger partial charge in [0.15, 0.2) is 0 Å². The molecule has 19 heavy (non-hydrogen) atoms. The number of hydrogen-bond acceptors (Lipinski definition) is 4. The van der Waals surface area contributed by atoms with Gasteiger partial charge in [0, 0.05) is 31.9 Å². The Bertz CT molecular complexity index is 406. The first-order chi connectivity index (χ1) is 9.05. The monoisotopic (exact) mass is 276 g/mol. The molecule has 0 amide bonds. The normalized spacial score (nSPS) is 17.4. The van der Waals surface area contributed by atoms with Crippen LogP contribution in [0.15, 0.2) is 18.3 Å². The van der Waals surface area contributed by atoms with Gasteiger partial charge in [-0.15, -0.1) is 0 Å². The van der Waals surface area contributed by atoms with Gasteiger partial charge in [-0.05, 0) is 6.07 Å². The van der Waals surface area contributed by atoms with E-state index in [4.69, 9.17) is 9.47 Å². The molecule has 1 aliphatic rings. The minimum absolute atomic E-state index is 0.00286. The summed E-state index contributed by atoms with van der Waals surface area (Å²) in [6.45, 7) is 3.97. The highest BCUT2D eigenvalue weighted by Crippen LogP contribution is 2.30. The summed E-state index contributed by atoms with van der Waals surface area (Å²) in [5, 5.41) is 0. The Morgan fingerprint density at radius 2 is 2.05 bits per heavy atom. The van der Waals surface area contributed by atoms with Crippen molar-refractivity contribution in [1.82, 2.24) is 9.88 Å². The summed E-state index contributed by atoms with van der Waals surface area (Å²) >= 11 is 0. The number of aromatic nitrogens is 1. The molecule has 0 spiro atoms. The Balaban J connectivity index is 1.82. The van der Waals surface area contributed by atoms with E-state index in [1.54, 1.807) is 0 Å². The van der Waals surface area contributed by atoms with Gasteiger partial charge in [0.05, 0.1) is 18.8 Å². The van der Waals surface area contributed by atoms with Crippen LogP contribution in [0.25, 0.3) is 0 Å². The number of morpholine rings is 1.